The van der Waals surface area contributed by atoms with Gasteiger partial charge >= 0.3 is 0 Å². The molecule has 1 amide bonds. The molecular weight excluding hydrogens is 384 g/mol. The van der Waals surface area contributed by atoms with Gasteiger partial charge in [-0.1, -0.05) is 37.2 Å². The Morgan fingerprint density at radius 2 is 2.07 bits per heavy atom. The second-order valence-corrected chi connectivity index (χ2v) is 9.00. The first kappa shape index (κ1) is 20.0. The molecule has 3 rings (SSSR count). The third kappa shape index (κ3) is 4.76. The highest BCUT2D eigenvalue weighted by Gasteiger charge is 2.29. The van der Waals surface area contributed by atoms with Crippen molar-refractivity contribution in [3.05, 3.63) is 23.2 Å². The minimum Gasteiger partial charge on any atom is -0.496 e. The molecule has 1 N–H and O–H groups in total. The van der Waals surface area contributed by atoms with E-state index in [4.69, 9.17) is 16.3 Å². The van der Waals surface area contributed by atoms with E-state index < -0.39 is 0 Å². The van der Waals surface area contributed by atoms with Crippen LogP contribution in [-0.4, -0.2) is 51.4 Å². The molecule has 3 atom stereocenters. The molecule has 0 aliphatic carbocycles. The van der Waals surface area contributed by atoms with Crippen molar-refractivity contribution in [2.75, 3.05) is 20.2 Å². The number of methoxy groups -OCH3 is 1. The maximum atomic E-state index is 12.8. The number of hydrogen-bond donors (Lipinski definition) is 1. The van der Waals surface area contributed by atoms with Crippen molar-refractivity contribution in [1.29, 1.82) is 0 Å². The lowest BCUT2D eigenvalue weighted by Gasteiger charge is -2.36. The second-order valence-electron chi connectivity index (χ2n) is 7.26. The summed E-state index contributed by atoms with van der Waals surface area (Å²) in [5.41, 5.74) is 0.738. The van der Waals surface area contributed by atoms with Gasteiger partial charge in [-0.2, -0.15) is 0 Å². The largest absolute Gasteiger partial charge is 0.496 e. The van der Waals surface area contributed by atoms with Crippen LogP contribution in [0.15, 0.2) is 23.4 Å². The lowest BCUT2D eigenvalue weighted by atomic mass is 9.92. The van der Waals surface area contributed by atoms with Gasteiger partial charge < -0.3 is 9.64 Å². The molecule has 1 fully saturated rings. The number of rotatable bonds is 5. The van der Waals surface area contributed by atoms with Crippen LogP contribution < -0.4 is 4.74 Å². The average molecular weight is 409 g/mol. The topological polar surface area (TPSA) is 71.1 Å². The summed E-state index contributed by atoms with van der Waals surface area (Å²) in [5, 5.41) is 8.05. The van der Waals surface area contributed by atoms with Gasteiger partial charge in [0.15, 0.2) is 5.82 Å². The molecule has 0 bridgehead atoms. The molecule has 0 spiro atoms. The van der Waals surface area contributed by atoms with Crippen LogP contribution in [0.25, 0.3) is 11.4 Å². The summed E-state index contributed by atoms with van der Waals surface area (Å²) in [6, 6.07) is 5.33. The zero-order chi connectivity index (χ0) is 19.6. The number of hydrogen-bond acceptors (Lipinski definition) is 5. The van der Waals surface area contributed by atoms with Crippen molar-refractivity contribution in [3.8, 4) is 17.1 Å². The maximum absolute atomic E-state index is 12.8. The van der Waals surface area contributed by atoms with Gasteiger partial charge in [-0.3, -0.25) is 9.89 Å². The van der Waals surface area contributed by atoms with E-state index in [0.717, 1.165) is 18.7 Å². The Kier molecular flexibility index (Phi) is 6.32. The third-order valence-electron chi connectivity index (χ3n) is 4.69. The molecule has 2 heterocycles. The average Bonchev–Trinajstić information content (AvgIpc) is 3.08. The summed E-state index contributed by atoms with van der Waals surface area (Å²) in [6.07, 6.45) is 1.18. The van der Waals surface area contributed by atoms with Gasteiger partial charge in [-0.25, -0.2) is 4.98 Å². The van der Waals surface area contributed by atoms with Crippen molar-refractivity contribution in [3.63, 3.8) is 0 Å². The molecule has 1 aromatic carbocycles. The summed E-state index contributed by atoms with van der Waals surface area (Å²) in [7, 11) is 1.60. The van der Waals surface area contributed by atoms with E-state index in [-0.39, 0.29) is 11.2 Å². The molecule has 6 nitrogen and oxygen atoms in total. The van der Waals surface area contributed by atoms with Crippen LogP contribution in [0.4, 0.5) is 0 Å². The zero-order valence-electron chi connectivity index (χ0n) is 16.0. The third-order valence-corrected chi connectivity index (χ3v) is 5.88. The van der Waals surface area contributed by atoms with Crippen molar-refractivity contribution in [1.82, 2.24) is 20.1 Å². The maximum Gasteiger partial charge on any atom is 0.235 e. The van der Waals surface area contributed by atoms with Crippen molar-refractivity contribution in [2.24, 2.45) is 11.8 Å². The molecule has 2 aromatic rings. The Morgan fingerprint density at radius 3 is 2.74 bits per heavy atom. The predicted molar refractivity (Wildman–Crippen MR) is 108 cm³/mol. The number of aromatic nitrogens is 3. The van der Waals surface area contributed by atoms with Crippen molar-refractivity contribution in [2.45, 2.75) is 37.6 Å². The molecule has 1 aliphatic rings. The summed E-state index contributed by atoms with van der Waals surface area (Å²) < 4.78 is 5.37. The number of carbonyl (C=O) groups excluding carboxylic acids is 1. The Balaban J connectivity index is 1.70. The summed E-state index contributed by atoms with van der Waals surface area (Å²) in [4.78, 5) is 19.3. The number of carbonyl (C=O) groups is 1. The number of piperidine rings is 1. The van der Waals surface area contributed by atoms with Gasteiger partial charge in [0, 0.05) is 18.1 Å². The van der Waals surface area contributed by atoms with Gasteiger partial charge in [-0.15, -0.1) is 5.10 Å². The summed E-state index contributed by atoms with van der Waals surface area (Å²) >= 11 is 7.46. The number of thioether (sulfide) groups is 1. The first-order valence-electron chi connectivity index (χ1n) is 9.09. The van der Waals surface area contributed by atoms with E-state index in [1.807, 2.05) is 11.8 Å². The molecule has 1 aliphatic heterocycles. The zero-order valence-corrected chi connectivity index (χ0v) is 17.6. The minimum absolute atomic E-state index is 0.144. The normalized spacial score (nSPS) is 21.1. The monoisotopic (exact) mass is 408 g/mol. The van der Waals surface area contributed by atoms with Crippen LogP contribution in [0, 0.1) is 11.8 Å². The predicted octanol–water partition coefficient (Wildman–Crippen LogP) is 4.12. The second kappa shape index (κ2) is 8.52. The van der Waals surface area contributed by atoms with E-state index in [2.05, 4.69) is 29.0 Å². The smallest absolute Gasteiger partial charge is 0.235 e. The fourth-order valence-electron chi connectivity index (χ4n) is 3.59. The van der Waals surface area contributed by atoms with Crippen LogP contribution in [0.1, 0.15) is 27.2 Å². The SMILES string of the molecule is COc1ccc(Cl)cc1-c1nc(SC(C)C(=O)N2CC(C)CC(C)C2)n[nH]1. The number of ether oxygens (including phenoxy) is 1. The number of likely N-dealkylation sites (tertiary alicyclic amines) is 1. The number of amides is 1. The summed E-state index contributed by atoms with van der Waals surface area (Å²) in [5.74, 6) is 2.45. The first-order chi connectivity index (χ1) is 12.9. The highest BCUT2D eigenvalue weighted by Crippen LogP contribution is 2.32. The molecule has 0 saturated carbocycles. The van der Waals surface area contributed by atoms with Crippen LogP contribution in [0.3, 0.4) is 0 Å². The molecule has 1 aromatic heterocycles. The van der Waals surface area contributed by atoms with Crippen LogP contribution >= 0.6 is 23.4 Å². The first-order valence-corrected chi connectivity index (χ1v) is 10.3. The molecule has 3 unspecified atom stereocenters. The van der Waals surface area contributed by atoms with Gasteiger partial charge in [0.25, 0.3) is 0 Å². The fourth-order valence-corrected chi connectivity index (χ4v) is 4.57. The molecule has 8 heteroatoms. The van der Waals surface area contributed by atoms with Gasteiger partial charge in [-0.05, 0) is 43.4 Å². The van der Waals surface area contributed by atoms with Crippen LogP contribution in [0.2, 0.25) is 5.02 Å². The molecule has 146 valence electrons. The number of nitrogens with one attached hydrogen (secondary N) is 1. The van der Waals surface area contributed by atoms with Crippen molar-refractivity contribution >= 4 is 29.3 Å². The van der Waals surface area contributed by atoms with Gasteiger partial charge in [0.05, 0.1) is 17.9 Å². The Labute approximate surface area is 169 Å². The Hall–Kier alpha value is -1.73. The van der Waals surface area contributed by atoms with E-state index in [1.54, 1.807) is 25.3 Å². The van der Waals surface area contributed by atoms with E-state index in [0.29, 0.717) is 33.6 Å². The molecule has 27 heavy (non-hydrogen) atoms. The molecule has 1 saturated heterocycles. The van der Waals surface area contributed by atoms with E-state index in [1.165, 1.54) is 18.2 Å². The quantitative estimate of drug-likeness (QED) is 0.753. The number of nitrogens with zero attached hydrogens (tertiary/aromatic N) is 3. The lowest BCUT2D eigenvalue weighted by molar-refractivity contribution is -0.132. The van der Waals surface area contributed by atoms with Crippen LogP contribution in [0.5, 0.6) is 5.75 Å². The molecular formula is C19H25ClN4O2S. The van der Waals surface area contributed by atoms with E-state index >= 15 is 0 Å². The Morgan fingerprint density at radius 1 is 1.37 bits per heavy atom. The number of H-pyrrole nitrogens is 1. The highest BCUT2D eigenvalue weighted by atomic mass is 35.5. The summed E-state index contributed by atoms with van der Waals surface area (Å²) in [6.45, 7) is 7.97. The fraction of sp³-hybridized carbons (Fsp3) is 0.526. The van der Waals surface area contributed by atoms with Gasteiger partial charge in [0.2, 0.25) is 11.1 Å². The lowest BCUT2D eigenvalue weighted by Crippen LogP contribution is -2.45. The standard InChI is InChI=1S/C19H25ClN4O2S/c1-11-7-12(2)10-24(9-11)18(25)13(3)27-19-21-17(22-23-19)15-8-14(20)5-6-16(15)26-4/h5-6,8,11-13H,7,9-10H2,1-4H3,(H,21,22,23). The van der Waals surface area contributed by atoms with Gasteiger partial charge in [0.1, 0.15) is 5.75 Å². The highest BCUT2D eigenvalue weighted by molar-refractivity contribution is 8.00. The number of benzene rings is 1. The minimum atomic E-state index is -0.243. The number of halogens is 1. The van der Waals surface area contributed by atoms with Crippen LogP contribution in [-0.2, 0) is 4.79 Å². The number of aromatic amines is 1. The van der Waals surface area contributed by atoms with Crippen molar-refractivity contribution < 1.29 is 9.53 Å². The Bertz CT molecular complexity index is 803. The molecule has 0 radical (unpaired) electrons. The van der Waals surface area contributed by atoms with E-state index in [9.17, 15) is 4.79 Å².